The lowest BCUT2D eigenvalue weighted by atomic mass is 10.0. The minimum atomic E-state index is -0.406. The van der Waals surface area contributed by atoms with Crippen molar-refractivity contribution in [3.8, 4) is 17.2 Å². The van der Waals surface area contributed by atoms with Gasteiger partial charge in [-0.15, -0.1) is 0 Å². The summed E-state index contributed by atoms with van der Waals surface area (Å²) in [4.78, 5) is 12.1. The molecule has 0 radical (unpaired) electrons. The Balaban J connectivity index is 1.70. The molecule has 2 aromatic carbocycles. The zero-order valence-electron chi connectivity index (χ0n) is 14.0. The van der Waals surface area contributed by atoms with Crippen molar-refractivity contribution >= 4 is 12.0 Å². The van der Waals surface area contributed by atoms with Crippen LogP contribution in [0.3, 0.4) is 0 Å². The van der Waals surface area contributed by atoms with Crippen molar-refractivity contribution in [3.05, 3.63) is 59.2 Å². The second kappa shape index (κ2) is 6.79. The molecule has 1 heterocycles. The first-order chi connectivity index (χ1) is 11.5. The number of esters is 1. The lowest BCUT2D eigenvalue weighted by Gasteiger charge is -2.10. The normalized spacial score (nSPS) is 12.8. The molecule has 0 N–H and O–H groups in total. The molecule has 0 saturated carbocycles. The minimum Gasteiger partial charge on any atom is -0.454 e. The van der Waals surface area contributed by atoms with Crippen LogP contribution in [0.15, 0.2) is 42.5 Å². The molecule has 1 aliphatic heterocycles. The summed E-state index contributed by atoms with van der Waals surface area (Å²) in [5, 5.41) is 0. The number of carbonyl (C=O) groups excluding carboxylic acids is 1. The van der Waals surface area contributed by atoms with E-state index in [1.165, 1.54) is 6.08 Å². The van der Waals surface area contributed by atoms with Crippen molar-refractivity contribution in [2.45, 2.75) is 26.7 Å². The number of benzene rings is 2. The number of fused-ring (bicyclic) bond motifs is 1. The fourth-order valence-corrected chi connectivity index (χ4v) is 2.41. The Morgan fingerprint density at radius 1 is 1.12 bits per heavy atom. The summed E-state index contributed by atoms with van der Waals surface area (Å²) in [6.07, 6.45) is 3.12. The highest BCUT2D eigenvalue weighted by molar-refractivity contribution is 5.89. The van der Waals surface area contributed by atoms with Gasteiger partial charge in [0.05, 0.1) is 0 Å². The van der Waals surface area contributed by atoms with Gasteiger partial charge in [-0.3, -0.25) is 0 Å². The molecule has 0 bridgehead atoms. The van der Waals surface area contributed by atoms with Crippen LogP contribution in [0, 0.1) is 6.92 Å². The van der Waals surface area contributed by atoms with Crippen LogP contribution in [0.1, 0.15) is 36.5 Å². The van der Waals surface area contributed by atoms with Gasteiger partial charge in [0.1, 0.15) is 5.75 Å². The van der Waals surface area contributed by atoms with Crippen molar-refractivity contribution in [1.29, 1.82) is 0 Å². The van der Waals surface area contributed by atoms with E-state index in [4.69, 9.17) is 14.2 Å². The minimum absolute atomic E-state index is 0.232. The molecule has 24 heavy (non-hydrogen) atoms. The molecule has 0 spiro atoms. The van der Waals surface area contributed by atoms with E-state index >= 15 is 0 Å². The largest absolute Gasteiger partial charge is 0.454 e. The molecular weight excluding hydrogens is 304 g/mol. The second-order valence-electron chi connectivity index (χ2n) is 6.05. The van der Waals surface area contributed by atoms with E-state index in [1.54, 1.807) is 6.08 Å². The molecule has 124 valence electrons. The Bertz CT molecular complexity index is 790. The van der Waals surface area contributed by atoms with Gasteiger partial charge in [-0.05, 0) is 53.8 Å². The predicted octanol–water partition coefficient (Wildman–Crippen LogP) is 4.47. The zero-order chi connectivity index (χ0) is 17.1. The Hall–Kier alpha value is -2.75. The summed E-state index contributed by atoms with van der Waals surface area (Å²) in [6, 6.07) is 11.5. The van der Waals surface area contributed by atoms with Crippen molar-refractivity contribution in [2.75, 3.05) is 6.79 Å². The summed E-state index contributed by atoms with van der Waals surface area (Å²) < 4.78 is 16.1. The van der Waals surface area contributed by atoms with Crippen LogP contribution >= 0.6 is 0 Å². The molecule has 3 rings (SSSR count). The van der Waals surface area contributed by atoms with E-state index in [1.807, 2.05) is 37.3 Å². The van der Waals surface area contributed by atoms with Crippen LogP contribution in [0.5, 0.6) is 17.2 Å². The highest BCUT2D eigenvalue weighted by Crippen LogP contribution is 2.32. The lowest BCUT2D eigenvalue weighted by molar-refractivity contribution is -0.128. The van der Waals surface area contributed by atoms with E-state index in [2.05, 4.69) is 19.9 Å². The van der Waals surface area contributed by atoms with Gasteiger partial charge in [-0.2, -0.15) is 0 Å². The van der Waals surface area contributed by atoms with Crippen LogP contribution in [-0.4, -0.2) is 12.8 Å². The van der Waals surface area contributed by atoms with Crippen LogP contribution in [0.2, 0.25) is 0 Å². The summed E-state index contributed by atoms with van der Waals surface area (Å²) in [5.41, 5.74) is 2.93. The molecule has 0 unspecified atom stereocenters. The van der Waals surface area contributed by atoms with Gasteiger partial charge in [0.2, 0.25) is 6.79 Å². The molecule has 0 atom stereocenters. The first kappa shape index (κ1) is 16.1. The van der Waals surface area contributed by atoms with Gasteiger partial charge in [-0.1, -0.05) is 32.0 Å². The molecule has 4 heteroatoms. The Morgan fingerprint density at radius 3 is 2.71 bits per heavy atom. The van der Waals surface area contributed by atoms with Gasteiger partial charge in [-0.25, -0.2) is 4.79 Å². The standard InChI is InChI=1S/C20H20O4/c1-13(2)16-7-4-14(3)18(11-16)24-20(21)9-6-15-5-8-17-19(10-15)23-12-22-17/h4-11,13H,12H2,1-3H3. The smallest absolute Gasteiger partial charge is 0.336 e. The van der Waals surface area contributed by atoms with Crippen LogP contribution in [-0.2, 0) is 4.79 Å². The Kier molecular flexibility index (Phi) is 4.56. The third-order valence-electron chi connectivity index (χ3n) is 3.90. The van der Waals surface area contributed by atoms with E-state index in [9.17, 15) is 4.79 Å². The Labute approximate surface area is 141 Å². The number of hydrogen-bond donors (Lipinski definition) is 0. The maximum Gasteiger partial charge on any atom is 0.336 e. The molecule has 0 amide bonds. The molecule has 2 aromatic rings. The maximum absolute atomic E-state index is 12.1. The van der Waals surface area contributed by atoms with Crippen molar-refractivity contribution < 1.29 is 19.0 Å². The van der Waals surface area contributed by atoms with Crippen molar-refractivity contribution in [2.24, 2.45) is 0 Å². The molecule has 1 aliphatic rings. The van der Waals surface area contributed by atoms with Gasteiger partial charge < -0.3 is 14.2 Å². The van der Waals surface area contributed by atoms with E-state index < -0.39 is 5.97 Å². The van der Waals surface area contributed by atoms with Crippen molar-refractivity contribution in [1.82, 2.24) is 0 Å². The summed E-state index contributed by atoms with van der Waals surface area (Å²) in [5.74, 6) is 1.98. The second-order valence-corrected chi connectivity index (χ2v) is 6.05. The zero-order valence-corrected chi connectivity index (χ0v) is 14.0. The number of carbonyl (C=O) groups is 1. The number of hydrogen-bond acceptors (Lipinski definition) is 4. The van der Waals surface area contributed by atoms with E-state index in [0.29, 0.717) is 17.4 Å². The van der Waals surface area contributed by atoms with Gasteiger partial charge in [0.25, 0.3) is 0 Å². The van der Waals surface area contributed by atoms with Gasteiger partial charge in [0, 0.05) is 6.08 Å². The molecule has 0 saturated heterocycles. The fraction of sp³-hybridized carbons (Fsp3) is 0.250. The maximum atomic E-state index is 12.1. The molecule has 4 nitrogen and oxygen atoms in total. The SMILES string of the molecule is Cc1ccc(C(C)C)cc1OC(=O)C=Cc1ccc2c(c1)OCO2. The van der Waals surface area contributed by atoms with Crippen LogP contribution in [0.25, 0.3) is 6.08 Å². The predicted molar refractivity (Wildman–Crippen MR) is 92.5 cm³/mol. The first-order valence-corrected chi connectivity index (χ1v) is 7.93. The van der Waals surface area contributed by atoms with Crippen molar-refractivity contribution in [3.63, 3.8) is 0 Å². The summed E-state index contributed by atoms with van der Waals surface area (Å²) in [7, 11) is 0. The average molecular weight is 324 g/mol. The van der Waals surface area contributed by atoms with E-state index in [0.717, 1.165) is 22.4 Å². The molecule has 0 fully saturated rings. The molecular formula is C20H20O4. The molecule has 0 aliphatic carbocycles. The van der Waals surface area contributed by atoms with Gasteiger partial charge in [0.15, 0.2) is 11.5 Å². The van der Waals surface area contributed by atoms with E-state index in [-0.39, 0.29) is 6.79 Å². The molecule has 0 aromatic heterocycles. The quantitative estimate of drug-likeness (QED) is 0.473. The monoisotopic (exact) mass is 324 g/mol. The summed E-state index contributed by atoms with van der Waals surface area (Å²) >= 11 is 0. The first-order valence-electron chi connectivity index (χ1n) is 7.93. The topological polar surface area (TPSA) is 44.8 Å². The van der Waals surface area contributed by atoms with Crippen LogP contribution < -0.4 is 14.2 Å². The Morgan fingerprint density at radius 2 is 1.92 bits per heavy atom. The summed E-state index contributed by atoms with van der Waals surface area (Å²) in [6.45, 7) is 6.37. The number of aryl methyl sites for hydroxylation is 1. The lowest BCUT2D eigenvalue weighted by Crippen LogP contribution is -2.05. The third-order valence-corrected chi connectivity index (χ3v) is 3.90. The highest BCUT2D eigenvalue weighted by atomic mass is 16.7. The van der Waals surface area contributed by atoms with Crippen LogP contribution in [0.4, 0.5) is 0 Å². The third kappa shape index (κ3) is 3.59. The fourth-order valence-electron chi connectivity index (χ4n) is 2.41. The van der Waals surface area contributed by atoms with Gasteiger partial charge >= 0.3 is 5.97 Å². The highest BCUT2D eigenvalue weighted by Gasteiger charge is 2.12. The average Bonchev–Trinajstić information content (AvgIpc) is 3.02. The number of ether oxygens (including phenoxy) is 3. The number of rotatable bonds is 4.